The van der Waals surface area contributed by atoms with Gasteiger partial charge in [0, 0.05) is 0 Å². The number of aryl methyl sites for hydroxylation is 1. The van der Waals surface area contributed by atoms with Crippen LogP contribution >= 0.6 is 0 Å². The van der Waals surface area contributed by atoms with Gasteiger partial charge in [0.05, 0.1) is 0 Å². The van der Waals surface area contributed by atoms with E-state index >= 15 is 0 Å². The maximum absolute atomic E-state index is 2.38. The molecule has 0 saturated heterocycles. The number of rotatable bonds is 3. The molecule has 0 radical (unpaired) electrons. The summed E-state index contributed by atoms with van der Waals surface area (Å²) in [5.41, 5.74) is 8.90. The van der Waals surface area contributed by atoms with E-state index in [-0.39, 0.29) is 0 Å². The van der Waals surface area contributed by atoms with Gasteiger partial charge in [-0.1, -0.05) is 133 Å². The predicted octanol–water partition coefficient (Wildman–Crippen LogP) is 11.0. The van der Waals surface area contributed by atoms with E-state index in [1.165, 1.54) is 82.0 Å². The Bertz CT molecular complexity index is 2150. The Balaban J connectivity index is 1.46. The fourth-order valence-electron chi connectivity index (χ4n) is 6.34. The van der Waals surface area contributed by atoms with Crippen molar-refractivity contribution in [3.8, 4) is 33.4 Å². The molecule has 0 bridgehead atoms. The highest BCUT2D eigenvalue weighted by atomic mass is 14.2. The van der Waals surface area contributed by atoms with Crippen LogP contribution in [0.5, 0.6) is 0 Å². The second-order valence-electron chi connectivity index (χ2n) is 10.6. The van der Waals surface area contributed by atoms with Crippen molar-refractivity contribution in [3.05, 3.63) is 145 Å². The van der Waals surface area contributed by atoms with Gasteiger partial charge in [0.2, 0.25) is 0 Å². The lowest BCUT2D eigenvalue weighted by atomic mass is 9.85. The summed E-state index contributed by atoms with van der Waals surface area (Å²) in [4.78, 5) is 0. The molecule has 8 aromatic rings. The van der Waals surface area contributed by atoms with Gasteiger partial charge in [-0.05, 0) is 95.5 Å². The highest BCUT2D eigenvalue weighted by Crippen LogP contribution is 2.44. The van der Waals surface area contributed by atoms with E-state index < -0.39 is 0 Å². The number of hydrogen-bond acceptors (Lipinski definition) is 0. The summed E-state index contributed by atoms with van der Waals surface area (Å²) in [5, 5.41) is 10.4. The molecule has 0 heteroatoms. The molecule has 8 rings (SSSR count). The summed E-state index contributed by atoms with van der Waals surface area (Å²) in [6, 6.07) is 51.5. The third kappa shape index (κ3) is 3.46. The van der Waals surface area contributed by atoms with Gasteiger partial charge >= 0.3 is 0 Å². The molecule has 0 aliphatic carbocycles. The summed E-state index contributed by atoms with van der Waals surface area (Å²) in [7, 11) is 0. The van der Waals surface area contributed by atoms with Gasteiger partial charge in [0.25, 0.3) is 0 Å². The van der Waals surface area contributed by atoms with E-state index in [1.807, 2.05) is 0 Å². The minimum Gasteiger partial charge on any atom is -0.0622 e. The number of fused-ring (bicyclic) bond motifs is 1. The molecule has 8 aromatic carbocycles. The van der Waals surface area contributed by atoms with Crippen molar-refractivity contribution in [3.63, 3.8) is 0 Å². The van der Waals surface area contributed by atoms with Gasteiger partial charge in [0.1, 0.15) is 0 Å². The zero-order valence-electron chi connectivity index (χ0n) is 21.8. The van der Waals surface area contributed by atoms with Crippen molar-refractivity contribution >= 4 is 43.1 Å². The predicted molar refractivity (Wildman–Crippen MR) is 169 cm³/mol. The minimum atomic E-state index is 1.24. The van der Waals surface area contributed by atoms with Crippen molar-refractivity contribution in [2.24, 2.45) is 0 Å². The molecule has 0 aliphatic rings. The Kier molecular flexibility index (Phi) is 4.84. The van der Waals surface area contributed by atoms with Gasteiger partial charge in [-0.2, -0.15) is 0 Å². The topological polar surface area (TPSA) is 0 Å². The van der Waals surface area contributed by atoms with Crippen LogP contribution in [-0.4, -0.2) is 0 Å². The van der Waals surface area contributed by atoms with E-state index in [4.69, 9.17) is 0 Å². The van der Waals surface area contributed by atoms with E-state index in [1.54, 1.807) is 0 Å². The third-order valence-corrected chi connectivity index (χ3v) is 8.29. The average molecular weight is 495 g/mol. The molecule has 0 nitrogen and oxygen atoms in total. The molecule has 0 saturated carbocycles. The fraction of sp³-hybridized carbons (Fsp3) is 0.0256. The molecule has 0 atom stereocenters. The van der Waals surface area contributed by atoms with E-state index in [0.717, 1.165) is 0 Å². The van der Waals surface area contributed by atoms with Crippen LogP contribution in [0.4, 0.5) is 0 Å². The summed E-state index contributed by atoms with van der Waals surface area (Å²) in [5.74, 6) is 0. The number of benzene rings is 8. The summed E-state index contributed by atoms with van der Waals surface area (Å²) in [6.45, 7) is 2.14. The van der Waals surface area contributed by atoms with Gasteiger partial charge in [-0.25, -0.2) is 0 Å². The van der Waals surface area contributed by atoms with Crippen LogP contribution < -0.4 is 0 Å². The van der Waals surface area contributed by atoms with Crippen LogP contribution in [-0.2, 0) is 0 Å². The van der Waals surface area contributed by atoms with Gasteiger partial charge in [-0.3, -0.25) is 0 Å². The Morgan fingerprint density at radius 2 is 0.846 bits per heavy atom. The first-order chi connectivity index (χ1) is 19.2. The van der Waals surface area contributed by atoms with Crippen LogP contribution in [0.1, 0.15) is 5.56 Å². The quantitative estimate of drug-likeness (QED) is 0.214. The smallest absolute Gasteiger partial charge is 0.00203 e. The lowest BCUT2D eigenvalue weighted by Crippen LogP contribution is -1.91. The van der Waals surface area contributed by atoms with Crippen molar-refractivity contribution in [2.45, 2.75) is 6.92 Å². The third-order valence-electron chi connectivity index (χ3n) is 8.29. The van der Waals surface area contributed by atoms with Crippen LogP contribution in [0.15, 0.2) is 140 Å². The molecular weight excluding hydrogens is 468 g/mol. The summed E-state index contributed by atoms with van der Waals surface area (Å²) in [6.07, 6.45) is 0. The Morgan fingerprint density at radius 3 is 1.51 bits per heavy atom. The molecule has 39 heavy (non-hydrogen) atoms. The second kappa shape index (κ2) is 8.55. The zero-order valence-corrected chi connectivity index (χ0v) is 21.8. The normalized spacial score (nSPS) is 11.7. The zero-order chi connectivity index (χ0) is 25.9. The molecular formula is C39H26. The molecule has 0 aliphatic heterocycles. The molecule has 0 amide bonds. The minimum absolute atomic E-state index is 1.24. The average Bonchev–Trinajstić information content (AvgIpc) is 3.00. The molecule has 182 valence electrons. The van der Waals surface area contributed by atoms with Gasteiger partial charge in [0.15, 0.2) is 0 Å². The molecule has 0 unspecified atom stereocenters. The number of hydrogen-bond donors (Lipinski definition) is 0. The van der Waals surface area contributed by atoms with Crippen LogP contribution in [0.25, 0.3) is 76.5 Å². The van der Waals surface area contributed by atoms with Crippen molar-refractivity contribution in [1.29, 1.82) is 0 Å². The van der Waals surface area contributed by atoms with Gasteiger partial charge < -0.3 is 0 Å². The monoisotopic (exact) mass is 494 g/mol. The SMILES string of the molecule is Cc1ccc(-c2ccc3ccc4c(-c5cc6ccccc6cc5-c5ccccc5)ccc5ccc2c3c54)cc1. The molecule has 0 heterocycles. The van der Waals surface area contributed by atoms with E-state index in [9.17, 15) is 0 Å². The van der Waals surface area contributed by atoms with Crippen LogP contribution in [0.3, 0.4) is 0 Å². The Hall–Kier alpha value is -4.94. The van der Waals surface area contributed by atoms with E-state index in [0.29, 0.717) is 0 Å². The first-order valence-electron chi connectivity index (χ1n) is 13.6. The van der Waals surface area contributed by atoms with Gasteiger partial charge in [-0.15, -0.1) is 0 Å². The molecule has 0 spiro atoms. The molecule has 0 N–H and O–H groups in total. The largest absolute Gasteiger partial charge is 0.0622 e. The van der Waals surface area contributed by atoms with Crippen LogP contribution in [0.2, 0.25) is 0 Å². The first kappa shape index (κ1) is 22.1. The fourth-order valence-corrected chi connectivity index (χ4v) is 6.34. The highest BCUT2D eigenvalue weighted by Gasteiger charge is 2.17. The summed E-state index contributed by atoms with van der Waals surface area (Å²) < 4.78 is 0. The maximum Gasteiger partial charge on any atom is -0.00203 e. The lowest BCUT2D eigenvalue weighted by molar-refractivity contribution is 1.47. The Morgan fingerprint density at radius 1 is 0.333 bits per heavy atom. The molecule has 0 fully saturated rings. The first-order valence-corrected chi connectivity index (χ1v) is 13.6. The van der Waals surface area contributed by atoms with Crippen molar-refractivity contribution < 1.29 is 0 Å². The maximum atomic E-state index is 2.38. The lowest BCUT2D eigenvalue weighted by Gasteiger charge is -2.18. The Labute approximate surface area is 228 Å². The second-order valence-corrected chi connectivity index (χ2v) is 10.6. The standard InChI is InChI=1S/C39H26/c1-25-11-13-27(14-12-25)32-19-15-28-18-22-35-33(20-16-29-17-21-34(32)38(28)39(29)35)37-24-31-10-6-5-9-30(31)23-36(37)26-7-3-2-4-8-26/h2-24H,1H3. The highest BCUT2D eigenvalue weighted by molar-refractivity contribution is 6.28. The summed E-state index contributed by atoms with van der Waals surface area (Å²) >= 11 is 0. The van der Waals surface area contributed by atoms with Crippen LogP contribution in [0, 0.1) is 6.92 Å². The van der Waals surface area contributed by atoms with Crippen molar-refractivity contribution in [2.75, 3.05) is 0 Å². The molecule has 0 aromatic heterocycles. The van der Waals surface area contributed by atoms with Crippen molar-refractivity contribution in [1.82, 2.24) is 0 Å². The van der Waals surface area contributed by atoms with E-state index in [2.05, 4.69) is 146 Å².